The molecule has 0 spiro atoms. The average Bonchev–Trinajstić information content (AvgIpc) is 3.45. The quantitative estimate of drug-likeness (QED) is 0.360. The Labute approximate surface area is 196 Å². The number of fused-ring (bicyclic) bond motifs is 1. The van der Waals surface area contributed by atoms with E-state index in [0.29, 0.717) is 39.9 Å². The van der Waals surface area contributed by atoms with Crippen LogP contribution in [-0.4, -0.2) is 57.6 Å². The van der Waals surface area contributed by atoms with Crippen LogP contribution in [0.3, 0.4) is 0 Å². The van der Waals surface area contributed by atoms with Crippen LogP contribution in [0.25, 0.3) is 5.65 Å². The molecule has 2 aromatic heterocycles. The number of para-hydroxylation sites is 1. The Bertz CT molecular complexity index is 1280. The molecule has 1 fully saturated rings. The summed E-state index contributed by atoms with van der Waals surface area (Å²) in [7, 11) is 3.57. The predicted molar refractivity (Wildman–Crippen MR) is 129 cm³/mol. The largest absolute Gasteiger partial charge is 0.385 e. The molecule has 1 aliphatic heterocycles. The van der Waals surface area contributed by atoms with Gasteiger partial charge in [-0.25, -0.2) is 14.9 Å². The van der Waals surface area contributed by atoms with Crippen LogP contribution in [0.15, 0.2) is 54.0 Å². The van der Waals surface area contributed by atoms with E-state index in [4.69, 9.17) is 0 Å². The predicted octanol–water partition coefficient (Wildman–Crippen LogP) is 1.76. The van der Waals surface area contributed by atoms with Gasteiger partial charge in [0.2, 0.25) is 0 Å². The molecule has 5 rings (SSSR count). The van der Waals surface area contributed by atoms with Crippen molar-refractivity contribution in [2.75, 3.05) is 30.0 Å². The minimum atomic E-state index is -0.255. The van der Waals surface area contributed by atoms with E-state index < -0.39 is 0 Å². The van der Waals surface area contributed by atoms with Gasteiger partial charge in [-0.1, -0.05) is 18.2 Å². The molecule has 34 heavy (non-hydrogen) atoms. The van der Waals surface area contributed by atoms with Gasteiger partial charge in [0, 0.05) is 31.9 Å². The van der Waals surface area contributed by atoms with E-state index in [1.54, 1.807) is 25.2 Å². The molecule has 1 saturated carbocycles. The number of amides is 2. The summed E-state index contributed by atoms with van der Waals surface area (Å²) in [5.74, 6) is 0.00821. The highest BCUT2D eigenvalue weighted by Crippen LogP contribution is 2.26. The third-order valence-electron chi connectivity index (χ3n) is 5.80. The molecule has 3 heterocycles. The maximum Gasteiger partial charge on any atom is 0.275 e. The Morgan fingerprint density at radius 3 is 2.62 bits per heavy atom. The first-order valence-corrected chi connectivity index (χ1v) is 11.2. The Morgan fingerprint density at radius 2 is 1.91 bits per heavy atom. The molecule has 11 nitrogen and oxygen atoms in total. The Morgan fingerprint density at radius 1 is 1.15 bits per heavy atom. The monoisotopic (exact) mass is 461 g/mol. The van der Waals surface area contributed by atoms with Crippen LogP contribution in [0.1, 0.15) is 30.3 Å². The van der Waals surface area contributed by atoms with Gasteiger partial charge in [-0.2, -0.15) is 0 Å². The van der Waals surface area contributed by atoms with Crippen LogP contribution in [0.2, 0.25) is 0 Å². The van der Waals surface area contributed by atoms with Crippen LogP contribution in [0, 0.1) is 0 Å². The van der Waals surface area contributed by atoms with Gasteiger partial charge in [-0.15, -0.1) is 5.10 Å². The lowest BCUT2D eigenvalue weighted by Crippen LogP contribution is -2.35. The molecule has 0 saturated heterocycles. The Kier molecular flexibility index (Phi) is 5.54. The van der Waals surface area contributed by atoms with Crippen LogP contribution in [0.5, 0.6) is 0 Å². The number of carbonyl (C=O) groups excluding carboxylic acids is 2. The fourth-order valence-electron chi connectivity index (χ4n) is 3.95. The van der Waals surface area contributed by atoms with Crippen molar-refractivity contribution in [1.82, 2.24) is 30.3 Å². The van der Waals surface area contributed by atoms with Crippen LogP contribution in [-0.2, 0) is 4.79 Å². The van der Waals surface area contributed by atoms with Gasteiger partial charge in [0.15, 0.2) is 17.2 Å². The number of imidazole rings is 1. The van der Waals surface area contributed by atoms with Gasteiger partial charge in [0.25, 0.3) is 11.8 Å². The topological polar surface area (TPSA) is 128 Å². The van der Waals surface area contributed by atoms with E-state index in [0.717, 1.165) is 12.8 Å². The second-order valence-corrected chi connectivity index (χ2v) is 8.44. The number of likely N-dealkylation sites (N-methyl/N-ethyl adjacent to an activating group) is 1. The molecule has 0 radical (unpaired) electrons. The number of rotatable bonds is 7. The highest BCUT2D eigenvalue weighted by atomic mass is 16.2. The maximum atomic E-state index is 13.1. The summed E-state index contributed by atoms with van der Waals surface area (Å²) < 4.78 is 1.52. The number of nitrogens with zero attached hydrogens (tertiary/aromatic N) is 4. The summed E-state index contributed by atoms with van der Waals surface area (Å²) in [5.41, 5.74) is 6.64. The van der Waals surface area contributed by atoms with E-state index in [9.17, 15) is 9.59 Å². The smallest absolute Gasteiger partial charge is 0.275 e. The number of benzene rings is 1. The van der Waals surface area contributed by atoms with Crippen molar-refractivity contribution < 1.29 is 9.59 Å². The summed E-state index contributed by atoms with van der Waals surface area (Å²) in [4.78, 5) is 30.2. The van der Waals surface area contributed by atoms with Crippen LogP contribution in [0.4, 0.5) is 17.2 Å². The zero-order valence-electron chi connectivity index (χ0n) is 19.2. The Hall–Kier alpha value is -4.12. The molecule has 1 aliphatic carbocycles. The zero-order chi connectivity index (χ0) is 23.8. The first-order chi connectivity index (χ1) is 16.4. The lowest BCUT2D eigenvalue weighted by molar-refractivity contribution is -0.114. The van der Waals surface area contributed by atoms with Gasteiger partial charge in [0.1, 0.15) is 5.70 Å². The molecular formula is C23H27N9O2. The van der Waals surface area contributed by atoms with Crippen molar-refractivity contribution in [2.45, 2.75) is 31.8 Å². The summed E-state index contributed by atoms with van der Waals surface area (Å²) in [6, 6.07) is 11.1. The normalized spacial score (nSPS) is 17.7. The molecule has 2 amide bonds. The highest BCUT2D eigenvalue weighted by molar-refractivity contribution is 6.04. The van der Waals surface area contributed by atoms with Gasteiger partial charge in [-0.3, -0.25) is 9.59 Å². The number of aromatic nitrogens is 3. The summed E-state index contributed by atoms with van der Waals surface area (Å²) in [5, 5.41) is 18.6. The highest BCUT2D eigenvalue weighted by Gasteiger charge is 2.32. The van der Waals surface area contributed by atoms with E-state index in [-0.39, 0.29) is 23.9 Å². The molecule has 1 atom stereocenters. The van der Waals surface area contributed by atoms with Gasteiger partial charge in [0.05, 0.1) is 23.6 Å². The van der Waals surface area contributed by atoms with Crippen molar-refractivity contribution in [1.29, 1.82) is 0 Å². The molecule has 11 heteroatoms. The van der Waals surface area contributed by atoms with Crippen molar-refractivity contribution in [3.63, 3.8) is 0 Å². The number of hydrazine groups is 1. The van der Waals surface area contributed by atoms with Crippen LogP contribution < -0.4 is 26.7 Å². The summed E-state index contributed by atoms with van der Waals surface area (Å²) in [6.07, 6.45) is 3.51. The molecule has 0 bridgehead atoms. The van der Waals surface area contributed by atoms with Gasteiger partial charge in [-0.05, 0) is 31.9 Å². The number of hydrogen-bond acceptors (Lipinski definition) is 8. The molecule has 1 unspecified atom stereocenters. The number of carbonyl (C=O) groups is 2. The molecule has 5 N–H and O–H groups in total. The molecular weight excluding hydrogens is 434 g/mol. The van der Waals surface area contributed by atoms with Crippen molar-refractivity contribution >= 4 is 34.7 Å². The number of anilines is 3. The fourth-order valence-corrected chi connectivity index (χ4v) is 3.95. The first-order valence-electron chi connectivity index (χ1n) is 11.2. The second kappa shape index (κ2) is 8.67. The number of nitrogens with one attached hydrogen (secondary N) is 5. The van der Waals surface area contributed by atoms with Crippen molar-refractivity contribution in [2.24, 2.45) is 0 Å². The SMILES string of the molecule is CNc1cc(NC2=C(C(=O)Nc3ccccc3)N(C)NC2C)nn2c(C(=O)NC3CC3)cnc12. The van der Waals surface area contributed by atoms with Gasteiger partial charge < -0.3 is 26.3 Å². The maximum absolute atomic E-state index is 13.1. The van der Waals surface area contributed by atoms with E-state index >= 15 is 0 Å². The first kappa shape index (κ1) is 21.7. The molecule has 176 valence electrons. The zero-order valence-corrected chi connectivity index (χ0v) is 19.2. The average molecular weight is 462 g/mol. The summed E-state index contributed by atoms with van der Waals surface area (Å²) in [6.45, 7) is 1.95. The number of hydrogen-bond donors (Lipinski definition) is 5. The molecule has 3 aromatic rings. The lowest BCUT2D eigenvalue weighted by Gasteiger charge is -2.16. The van der Waals surface area contributed by atoms with E-state index in [2.05, 4.69) is 36.8 Å². The molecule has 2 aliphatic rings. The van der Waals surface area contributed by atoms with Crippen molar-refractivity contribution in [3.8, 4) is 0 Å². The fraction of sp³-hybridized carbons (Fsp3) is 0.304. The molecule has 1 aromatic carbocycles. The minimum absolute atomic E-state index is 0.169. The van der Waals surface area contributed by atoms with Crippen LogP contribution >= 0.6 is 0 Å². The Balaban J connectivity index is 1.49. The van der Waals surface area contributed by atoms with E-state index in [1.165, 1.54) is 10.7 Å². The van der Waals surface area contributed by atoms with E-state index in [1.807, 2.05) is 37.3 Å². The standard InChI is InChI=1S/C23H27N9O2/c1-13-19(20(31(3)29-13)23(34)27-14-7-5-4-6-8-14)28-18-11-16(24-2)21-25-12-17(32(21)30-18)22(33)26-15-9-10-15/h4-8,11-13,15,24,29H,9-10H2,1-3H3,(H,26,33)(H,27,34)(H,28,30). The lowest BCUT2D eigenvalue weighted by atomic mass is 10.2. The van der Waals surface area contributed by atoms with Gasteiger partial charge >= 0.3 is 0 Å². The van der Waals surface area contributed by atoms with Crippen molar-refractivity contribution in [3.05, 3.63) is 59.7 Å². The third kappa shape index (κ3) is 4.13. The third-order valence-corrected chi connectivity index (χ3v) is 5.80. The summed E-state index contributed by atoms with van der Waals surface area (Å²) >= 11 is 0. The second-order valence-electron chi connectivity index (χ2n) is 8.44. The minimum Gasteiger partial charge on any atom is -0.385 e.